The Bertz CT molecular complexity index is 991. The molecule has 1 amide bonds. The van der Waals surface area contributed by atoms with Crippen LogP contribution < -0.4 is 10.6 Å². The van der Waals surface area contributed by atoms with Gasteiger partial charge in [-0.1, -0.05) is 55.8 Å². The molecule has 5 heteroatoms. The van der Waals surface area contributed by atoms with Crippen molar-refractivity contribution in [1.82, 2.24) is 10.3 Å². The van der Waals surface area contributed by atoms with Crippen LogP contribution in [0.4, 0.5) is 5.69 Å². The van der Waals surface area contributed by atoms with Crippen molar-refractivity contribution in [3.05, 3.63) is 71.4 Å². The number of aryl methyl sites for hydroxylation is 1. The lowest BCUT2D eigenvalue weighted by Crippen LogP contribution is -2.48. The van der Waals surface area contributed by atoms with Gasteiger partial charge in [-0.25, -0.2) is 0 Å². The zero-order valence-corrected chi connectivity index (χ0v) is 20.0. The van der Waals surface area contributed by atoms with E-state index in [1.54, 1.807) is 0 Å². The van der Waals surface area contributed by atoms with Crippen molar-refractivity contribution in [2.75, 3.05) is 5.32 Å². The van der Waals surface area contributed by atoms with Crippen LogP contribution in [0.5, 0.6) is 0 Å². The first-order valence-corrected chi connectivity index (χ1v) is 12.1. The number of benzene rings is 2. The van der Waals surface area contributed by atoms with Gasteiger partial charge in [-0.2, -0.15) is 0 Å². The smallest absolute Gasteiger partial charge is 0.223 e. The number of aromatic nitrogens is 1. The van der Waals surface area contributed by atoms with Crippen LogP contribution in [0.3, 0.4) is 0 Å². The number of nitrogens with one attached hydrogen (secondary N) is 2. The summed E-state index contributed by atoms with van der Waals surface area (Å²) in [5.74, 6) is 0.444. The largest absolute Gasteiger partial charge is 0.382 e. The minimum absolute atomic E-state index is 0.191. The Morgan fingerprint density at radius 3 is 2.38 bits per heavy atom. The summed E-state index contributed by atoms with van der Waals surface area (Å²) in [7, 11) is 0. The van der Waals surface area contributed by atoms with Gasteiger partial charge in [-0.3, -0.25) is 9.78 Å². The molecule has 0 aliphatic heterocycles. The topological polar surface area (TPSA) is 54.0 Å². The van der Waals surface area contributed by atoms with Crippen molar-refractivity contribution in [3.63, 3.8) is 0 Å². The zero-order valence-electron chi connectivity index (χ0n) is 19.3. The van der Waals surface area contributed by atoms with Gasteiger partial charge in [0.1, 0.15) is 0 Å². The van der Waals surface area contributed by atoms with Crippen LogP contribution in [0.15, 0.2) is 60.8 Å². The van der Waals surface area contributed by atoms with Gasteiger partial charge in [-0.15, -0.1) is 0 Å². The molecule has 0 bridgehead atoms. The van der Waals surface area contributed by atoms with E-state index in [0.29, 0.717) is 12.1 Å². The third-order valence-corrected chi connectivity index (χ3v) is 6.44. The molecule has 1 aromatic heterocycles. The number of anilines is 1. The summed E-state index contributed by atoms with van der Waals surface area (Å²) in [6.45, 7) is 5.99. The Morgan fingerprint density at radius 2 is 1.75 bits per heavy atom. The van der Waals surface area contributed by atoms with E-state index in [9.17, 15) is 4.79 Å². The number of fused-ring (bicyclic) bond motifs is 1. The molecule has 0 unspecified atom stereocenters. The summed E-state index contributed by atoms with van der Waals surface area (Å²) in [6.07, 6.45) is 7.25. The molecule has 2 aromatic carbocycles. The average molecular weight is 452 g/mol. The van der Waals surface area contributed by atoms with Gasteiger partial charge in [0.15, 0.2) is 0 Å². The quantitative estimate of drug-likeness (QED) is 0.460. The van der Waals surface area contributed by atoms with Crippen LogP contribution in [-0.2, 0) is 4.79 Å². The third kappa shape index (κ3) is 6.46. The van der Waals surface area contributed by atoms with Gasteiger partial charge in [0, 0.05) is 40.3 Å². The van der Waals surface area contributed by atoms with E-state index in [2.05, 4.69) is 39.9 Å². The molecule has 32 heavy (non-hydrogen) atoms. The first-order valence-electron chi connectivity index (χ1n) is 11.7. The van der Waals surface area contributed by atoms with Gasteiger partial charge in [0.25, 0.3) is 0 Å². The fraction of sp³-hybridized carbons (Fsp3) is 0.407. The van der Waals surface area contributed by atoms with Gasteiger partial charge < -0.3 is 10.6 Å². The van der Waals surface area contributed by atoms with E-state index < -0.39 is 0 Å². The van der Waals surface area contributed by atoms with E-state index in [-0.39, 0.29) is 11.8 Å². The Kier molecular flexibility index (Phi) is 8.92. The lowest BCUT2D eigenvalue weighted by Gasteiger charge is -2.37. The van der Waals surface area contributed by atoms with Crippen LogP contribution in [0.2, 0.25) is 5.02 Å². The number of carbonyl (C=O) groups excluding carboxylic acids is 1. The number of carbonyl (C=O) groups is 1. The summed E-state index contributed by atoms with van der Waals surface area (Å²) in [5.41, 5.74) is 3.23. The molecule has 0 radical (unpaired) electrons. The van der Waals surface area contributed by atoms with Crippen molar-refractivity contribution in [3.8, 4) is 0 Å². The second-order valence-electron chi connectivity index (χ2n) is 8.31. The highest BCUT2D eigenvalue weighted by Gasteiger charge is 2.35. The third-order valence-electron chi connectivity index (χ3n) is 6.01. The molecular weight excluding hydrogens is 418 g/mol. The maximum Gasteiger partial charge on any atom is 0.223 e. The number of amides is 1. The summed E-state index contributed by atoms with van der Waals surface area (Å²) in [4.78, 5) is 16.4. The lowest BCUT2D eigenvalue weighted by atomic mass is 9.79. The summed E-state index contributed by atoms with van der Waals surface area (Å²) in [6, 6.07) is 18.9. The van der Waals surface area contributed by atoms with E-state index in [1.807, 2.05) is 57.3 Å². The summed E-state index contributed by atoms with van der Waals surface area (Å²) < 4.78 is 0. The van der Waals surface area contributed by atoms with Crippen LogP contribution in [0.25, 0.3) is 10.9 Å². The molecule has 0 spiro atoms. The molecular formula is C27H34ClN3O. The number of nitrogens with zero attached hydrogens (tertiary/aromatic N) is 1. The number of pyridine rings is 1. The summed E-state index contributed by atoms with van der Waals surface area (Å²) >= 11 is 5.71. The van der Waals surface area contributed by atoms with Gasteiger partial charge in [0.2, 0.25) is 5.91 Å². The molecule has 0 saturated heterocycles. The molecule has 2 fully saturated rings. The van der Waals surface area contributed by atoms with Crippen LogP contribution in [0, 0.1) is 12.8 Å². The molecule has 2 aliphatic carbocycles. The second kappa shape index (κ2) is 11.9. The lowest BCUT2D eigenvalue weighted by molar-refractivity contribution is -0.128. The van der Waals surface area contributed by atoms with Crippen LogP contribution >= 0.6 is 11.6 Å². The van der Waals surface area contributed by atoms with Crippen molar-refractivity contribution >= 4 is 34.1 Å². The standard InChI is InChI=1S/C18H21N3O.C7H7Cl.C2H6/c22-18(21-14-4-1-5-14)13-9-16(10-13)20-15-7-6-12-3-2-8-19-17(12)11-15;1-6-4-2-3-5-7(6)8;1-2/h2-3,6-8,11,13-14,16,20H,1,4-5,9-10H2,(H,21,22);2-5H,1H3;1-2H3. The van der Waals surface area contributed by atoms with Crippen molar-refractivity contribution in [1.29, 1.82) is 0 Å². The molecule has 170 valence electrons. The van der Waals surface area contributed by atoms with Crippen LogP contribution in [-0.4, -0.2) is 23.0 Å². The van der Waals surface area contributed by atoms with Crippen molar-refractivity contribution in [2.45, 2.75) is 65.0 Å². The van der Waals surface area contributed by atoms with Gasteiger partial charge >= 0.3 is 0 Å². The maximum atomic E-state index is 12.1. The minimum Gasteiger partial charge on any atom is -0.382 e. The van der Waals surface area contributed by atoms with E-state index in [0.717, 1.165) is 52.9 Å². The molecule has 2 saturated carbocycles. The fourth-order valence-electron chi connectivity index (χ4n) is 3.76. The molecule has 5 rings (SSSR count). The normalized spacial score (nSPS) is 19.2. The molecule has 2 aliphatic rings. The first kappa shape index (κ1) is 24.1. The number of hydrogen-bond acceptors (Lipinski definition) is 3. The van der Waals surface area contributed by atoms with Gasteiger partial charge in [0.05, 0.1) is 5.52 Å². The first-order chi connectivity index (χ1) is 15.6. The fourth-order valence-corrected chi connectivity index (χ4v) is 3.90. The highest BCUT2D eigenvalue weighted by molar-refractivity contribution is 6.31. The Hall–Kier alpha value is -2.59. The van der Waals surface area contributed by atoms with E-state index in [4.69, 9.17) is 11.6 Å². The molecule has 1 heterocycles. The highest BCUT2D eigenvalue weighted by atomic mass is 35.5. The summed E-state index contributed by atoms with van der Waals surface area (Å²) in [5, 5.41) is 8.66. The van der Waals surface area contributed by atoms with Gasteiger partial charge in [-0.05, 0) is 68.9 Å². The molecule has 4 nitrogen and oxygen atoms in total. The SMILES string of the molecule is CC.Cc1ccccc1Cl.O=C(NC1CCC1)C1CC(Nc2ccc3cccnc3c2)C1. The molecule has 0 atom stereocenters. The highest BCUT2D eigenvalue weighted by Crippen LogP contribution is 2.32. The Labute approximate surface area is 196 Å². The molecule has 2 N–H and O–H groups in total. The minimum atomic E-state index is 0.191. The predicted molar refractivity (Wildman–Crippen MR) is 135 cm³/mol. The number of halogens is 1. The zero-order chi connectivity index (χ0) is 22.9. The number of hydrogen-bond donors (Lipinski definition) is 2. The van der Waals surface area contributed by atoms with Crippen molar-refractivity contribution in [2.24, 2.45) is 5.92 Å². The predicted octanol–water partition coefficient (Wildman–Crippen LogP) is 6.77. The average Bonchev–Trinajstić information content (AvgIpc) is 2.77. The monoisotopic (exact) mass is 451 g/mol. The maximum absolute atomic E-state index is 12.1. The van der Waals surface area contributed by atoms with Crippen LogP contribution in [0.1, 0.15) is 51.5 Å². The number of rotatable bonds is 4. The van der Waals surface area contributed by atoms with E-state index >= 15 is 0 Å². The molecule has 3 aromatic rings. The Balaban J connectivity index is 0.000000244. The van der Waals surface area contributed by atoms with E-state index in [1.165, 1.54) is 6.42 Å². The Morgan fingerprint density at radius 1 is 1.00 bits per heavy atom. The second-order valence-corrected chi connectivity index (χ2v) is 8.71. The van der Waals surface area contributed by atoms with Crippen molar-refractivity contribution < 1.29 is 4.79 Å².